The van der Waals surface area contributed by atoms with E-state index in [0.717, 1.165) is 0 Å². The van der Waals surface area contributed by atoms with Gasteiger partial charge in [0.2, 0.25) is 0 Å². The minimum absolute atomic E-state index is 0.214. The molecule has 156 valence electrons. The number of halogens is 2. The Morgan fingerprint density at radius 3 is 2.45 bits per heavy atom. The highest BCUT2D eigenvalue weighted by atomic mass is 35.5. The number of ether oxygens (including phenoxy) is 2. The SMILES string of the molecule is CC(=O)OC[C@@H]1O[C@@H](n2nnc3c(Cl)cc(Cl)cc32)[C@H](CC(=O)O)[C@H]1CC(=O)O. The molecular weight excluding hydrogens is 429 g/mol. The Bertz CT molecular complexity index is 964. The van der Waals surface area contributed by atoms with Crippen molar-refractivity contribution in [3.05, 3.63) is 22.2 Å². The second kappa shape index (κ2) is 8.52. The summed E-state index contributed by atoms with van der Waals surface area (Å²) in [4.78, 5) is 34.1. The molecule has 1 saturated heterocycles. The first-order valence-corrected chi connectivity index (χ1v) is 9.35. The summed E-state index contributed by atoms with van der Waals surface area (Å²) < 4.78 is 12.3. The molecule has 4 atom stereocenters. The van der Waals surface area contributed by atoms with Gasteiger partial charge in [0.25, 0.3) is 0 Å². The summed E-state index contributed by atoms with van der Waals surface area (Å²) in [6.07, 6.45) is -2.54. The average Bonchev–Trinajstić information content (AvgIpc) is 3.15. The van der Waals surface area contributed by atoms with Crippen molar-refractivity contribution in [1.82, 2.24) is 15.0 Å². The first kappa shape index (κ1) is 21.3. The molecule has 2 aromatic rings. The van der Waals surface area contributed by atoms with Gasteiger partial charge >= 0.3 is 17.9 Å². The van der Waals surface area contributed by atoms with Crippen LogP contribution in [-0.4, -0.2) is 55.8 Å². The van der Waals surface area contributed by atoms with Crippen molar-refractivity contribution in [2.75, 3.05) is 6.61 Å². The number of hydrogen-bond donors (Lipinski definition) is 2. The second-order valence-electron chi connectivity index (χ2n) is 6.68. The monoisotopic (exact) mass is 445 g/mol. The lowest BCUT2D eigenvalue weighted by molar-refractivity contribution is -0.147. The van der Waals surface area contributed by atoms with Crippen molar-refractivity contribution < 1.29 is 34.1 Å². The maximum absolute atomic E-state index is 11.5. The topological polar surface area (TPSA) is 141 Å². The summed E-state index contributed by atoms with van der Waals surface area (Å²) in [7, 11) is 0. The summed E-state index contributed by atoms with van der Waals surface area (Å²) in [6, 6.07) is 3.04. The predicted molar refractivity (Wildman–Crippen MR) is 99.6 cm³/mol. The highest BCUT2D eigenvalue weighted by Crippen LogP contribution is 2.44. The summed E-state index contributed by atoms with van der Waals surface area (Å²) >= 11 is 12.2. The van der Waals surface area contributed by atoms with Gasteiger partial charge < -0.3 is 19.7 Å². The van der Waals surface area contributed by atoms with Crippen LogP contribution in [0.5, 0.6) is 0 Å². The molecule has 2 N–H and O–H groups in total. The molecule has 0 bridgehead atoms. The Kier molecular flexibility index (Phi) is 6.25. The third-order valence-corrected chi connectivity index (χ3v) is 5.22. The third-order valence-electron chi connectivity index (χ3n) is 4.72. The van der Waals surface area contributed by atoms with Crippen LogP contribution in [0.3, 0.4) is 0 Å². The van der Waals surface area contributed by atoms with Gasteiger partial charge in [0.15, 0.2) is 6.23 Å². The summed E-state index contributed by atoms with van der Waals surface area (Å²) in [6.45, 7) is 0.996. The van der Waals surface area contributed by atoms with E-state index in [-0.39, 0.29) is 24.5 Å². The number of carbonyl (C=O) groups is 3. The van der Waals surface area contributed by atoms with E-state index in [1.807, 2.05) is 0 Å². The van der Waals surface area contributed by atoms with E-state index in [2.05, 4.69) is 10.3 Å². The molecule has 0 amide bonds. The highest BCUT2D eigenvalue weighted by Gasteiger charge is 2.48. The van der Waals surface area contributed by atoms with E-state index in [0.29, 0.717) is 16.1 Å². The maximum Gasteiger partial charge on any atom is 0.303 e. The molecule has 2 heterocycles. The fourth-order valence-electron chi connectivity index (χ4n) is 3.56. The van der Waals surface area contributed by atoms with Crippen molar-refractivity contribution >= 4 is 52.1 Å². The molecule has 0 unspecified atom stereocenters. The molecule has 1 fully saturated rings. The third kappa shape index (κ3) is 4.60. The van der Waals surface area contributed by atoms with Gasteiger partial charge in [0, 0.05) is 23.8 Å². The van der Waals surface area contributed by atoms with Gasteiger partial charge in [0.05, 0.1) is 29.5 Å². The predicted octanol–water partition coefficient (Wildman–Crippen LogP) is 2.38. The molecule has 1 aliphatic rings. The molecule has 10 nitrogen and oxygen atoms in total. The fourth-order valence-corrected chi connectivity index (χ4v) is 4.08. The Hall–Kier alpha value is -2.43. The van der Waals surface area contributed by atoms with Crippen LogP contribution in [-0.2, 0) is 23.9 Å². The highest BCUT2D eigenvalue weighted by molar-refractivity contribution is 6.38. The van der Waals surface area contributed by atoms with E-state index < -0.39 is 42.1 Å². The zero-order valence-electron chi connectivity index (χ0n) is 15.1. The number of benzene rings is 1. The molecule has 0 radical (unpaired) electrons. The van der Waals surface area contributed by atoms with Crippen LogP contribution < -0.4 is 0 Å². The fraction of sp³-hybridized carbons (Fsp3) is 0.471. The van der Waals surface area contributed by atoms with Gasteiger partial charge in [-0.3, -0.25) is 14.4 Å². The number of carbonyl (C=O) groups excluding carboxylic acids is 1. The first-order valence-electron chi connectivity index (χ1n) is 8.59. The number of rotatable bonds is 7. The largest absolute Gasteiger partial charge is 0.481 e. The van der Waals surface area contributed by atoms with Gasteiger partial charge in [-0.25, -0.2) is 4.68 Å². The van der Waals surface area contributed by atoms with Gasteiger partial charge in [-0.1, -0.05) is 28.4 Å². The van der Waals surface area contributed by atoms with Crippen LogP contribution in [0.1, 0.15) is 26.0 Å². The van der Waals surface area contributed by atoms with Crippen molar-refractivity contribution in [1.29, 1.82) is 0 Å². The van der Waals surface area contributed by atoms with Crippen molar-refractivity contribution in [2.45, 2.75) is 32.1 Å². The number of aliphatic carboxylic acids is 2. The van der Waals surface area contributed by atoms with E-state index in [9.17, 15) is 24.6 Å². The maximum atomic E-state index is 11.5. The molecular formula is C17H17Cl2N3O7. The standard InChI is InChI=1S/C17H17Cl2N3O7/c1-7(23)28-6-13-9(4-14(24)25)10(5-15(26)27)17(29-13)22-12-3-8(18)2-11(19)16(12)20-21-22/h2-3,9-10,13,17H,4-6H2,1H3,(H,24,25)(H,26,27)/t9-,10-,13+,17-/m1/s1. The zero-order chi connectivity index (χ0) is 21.3. The zero-order valence-corrected chi connectivity index (χ0v) is 16.6. The molecule has 0 saturated carbocycles. The van der Waals surface area contributed by atoms with Crippen LogP contribution >= 0.6 is 23.2 Å². The van der Waals surface area contributed by atoms with E-state index in [1.54, 1.807) is 6.07 Å². The lowest BCUT2D eigenvalue weighted by atomic mass is 9.84. The Labute approximate surface area is 174 Å². The summed E-state index contributed by atoms with van der Waals surface area (Å²) in [5.74, 6) is -4.33. The smallest absolute Gasteiger partial charge is 0.303 e. The molecule has 0 aliphatic carbocycles. The molecule has 1 aromatic carbocycles. The lowest BCUT2D eigenvalue weighted by Gasteiger charge is -2.21. The summed E-state index contributed by atoms with van der Waals surface area (Å²) in [5.41, 5.74) is 0.747. The van der Waals surface area contributed by atoms with E-state index >= 15 is 0 Å². The average molecular weight is 446 g/mol. The normalized spacial score (nSPS) is 24.0. The quantitative estimate of drug-likeness (QED) is 0.613. The lowest BCUT2D eigenvalue weighted by Crippen LogP contribution is -2.29. The number of carboxylic acids is 2. The Morgan fingerprint density at radius 1 is 1.17 bits per heavy atom. The number of nitrogens with zero attached hydrogens (tertiary/aromatic N) is 3. The van der Waals surface area contributed by atoms with Gasteiger partial charge in [0.1, 0.15) is 12.1 Å². The van der Waals surface area contributed by atoms with Crippen LogP contribution in [0.2, 0.25) is 10.0 Å². The van der Waals surface area contributed by atoms with Crippen molar-refractivity contribution in [3.63, 3.8) is 0 Å². The van der Waals surface area contributed by atoms with Crippen LogP contribution in [0.15, 0.2) is 12.1 Å². The molecule has 12 heteroatoms. The number of carboxylic acid groups (broad SMARTS) is 2. The molecule has 1 aliphatic heterocycles. The van der Waals surface area contributed by atoms with Crippen LogP contribution in [0.25, 0.3) is 11.0 Å². The van der Waals surface area contributed by atoms with Crippen LogP contribution in [0, 0.1) is 11.8 Å². The molecule has 0 spiro atoms. The van der Waals surface area contributed by atoms with Gasteiger partial charge in [-0.2, -0.15) is 0 Å². The van der Waals surface area contributed by atoms with Crippen molar-refractivity contribution in [2.24, 2.45) is 11.8 Å². The van der Waals surface area contributed by atoms with E-state index in [4.69, 9.17) is 32.7 Å². The minimum Gasteiger partial charge on any atom is -0.481 e. The second-order valence-corrected chi connectivity index (χ2v) is 7.52. The summed E-state index contributed by atoms with van der Waals surface area (Å²) in [5, 5.41) is 27.3. The minimum atomic E-state index is -1.13. The Balaban J connectivity index is 2.04. The Morgan fingerprint density at radius 2 is 1.83 bits per heavy atom. The van der Waals surface area contributed by atoms with E-state index in [1.165, 1.54) is 17.7 Å². The number of fused-ring (bicyclic) bond motifs is 1. The number of hydrogen-bond acceptors (Lipinski definition) is 7. The molecule has 1 aromatic heterocycles. The van der Waals surface area contributed by atoms with Gasteiger partial charge in [-0.15, -0.1) is 5.10 Å². The molecule has 3 rings (SSSR count). The number of esters is 1. The molecule has 29 heavy (non-hydrogen) atoms. The van der Waals surface area contributed by atoms with Crippen LogP contribution in [0.4, 0.5) is 0 Å². The van der Waals surface area contributed by atoms with Crippen molar-refractivity contribution in [3.8, 4) is 0 Å². The number of aromatic nitrogens is 3. The first-order chi connectivity index (χ1) is 13.7. The van der Waals surface area contributed by atoms with Gasteiger partial charge in [-0.05, 0) is 12.1 Å².